The quantitative estimate of drug-likeness (QED) is 0.849. The smallest absolute Gasteiger partial charge is 0.258 e. The lowest BCUT2D eigenvalue weighted by molar-refractivity contribution is 0.0783. The maximum absolute atomic E-state index is 12.3. The average Bonchev–Trinajstić information content (AvgIpc) is 2.93. The highest BCUT2D eigenvalue weighted by Crippen LogP contribution is 2.36. The number of amides is 1. The zero-order chi connectivity index (χ0) is 12.7. The molecule has 18 heavy (non-hydrogen) atoms. The number of halogens is 1. The lowest BCUT2D eigenvalue weighted by atomic mass is 9.79. The highest BCUT2D eigenvalue weighted by atomic mass is 35.5. The van der Waals surface area contributed by atoms with E-state index in [1.54, 1.807) is 6.07 Å². The van der Waals surface area contributed by atoms with Crippen LogP contribution in [0.2, 0.25) is 5.22 Å². The third-order valence-electron chi connectivity index (χ3n) is 4.23. The minimum absolute atomic E-state index is 0.0169. The molecule has 98 valence electrons. The minimum atomic E-state index is -0.0169. The first kappa shape index (κ1) is 12.1. The fourth-order valence-corrected chi connectivity index (χ4v) is 3.45. The third kappa shape index (κ3) is 2.04. The van der Waals surface area contributed by atoms with E-state index in [0.29, 0.717) is 23.4 Å². The highest BCUT2D eigenvalue weighted by molar-refractivity contribution is 6.32. The average molecular weight is 269 g/mol. The standard InChI is InChI=1S/C13H17ClN2O2/c14-12-11(3-4-18-12)13(17)16-6-8-1-2-10(15)5-9(8)7-16/h3-4,8-10H,1-2,5-7,15H2/t8-,9+,10?/m1/s1. The van der Waals surface area contributed by atoms with E-state index in [1.165, 1.54) is 6.26 Å². The molecule has 1 aromatic heterocycles. The van der Waals surface area contributed by atoms with Gasteiger partial charge in [-0.15, -0.1) is 0 Å². The van der Waals surface area contributed by atoms with Crippen molar-refractivity contribution in [3.05, 3.63) is 23.1 Å². The molecule has 0 bridgehead atoms. The molecule has 1 aliphatic carbocycles. The molecule has 2 fully saturated rings. The molecule has 2 aliphatic rings. The second-order valence-corrected chi connectivity index (χ2v) is 5.75. The highest BCUT2D eigenvalue weighted by Gasteiger charge is 2.39. The van der Waals surface area contributed by atoms with E-state index in [2.05, 4.69) is 0 Å². The topological polar surface area (TPSA) is 59.5 Å². The molecule has 1 amide bonds. The van der Waals surface area contributed by atoms with Gasteiger partial charge in [0.1, 0.15) is 0 Å². The fourth-order valence-electron chi connectivity index (χ4n) is 3.25. The van der Waals surface area contributed by atoms with Crippen LogP contribution in [0.1, 0.15) is 29.6 Å². The molecule has 3 rings (SSSR count). The van der Waals surface area contributed by atoms with Crippen LogP contribution in [0.25, 0.3) is 0 Å². The van der Waals surface area contributed by atoms with Gasteiger partial charge in [-0.05, 0) is 48.8 Å². The summed E-state index contributed by atoms with van der Waals surface area (Å²) in [4.78, 5) is 14.2. The van der Waals surface area contributed by atoms with Crippen molar-refractivity contribution < 1.29 is 9.21 Å². The summed E-state index contributed by atoms with van der Waals surface area (Å²) in [6.45, 7) is 1.64. The van der Waals surface area contributed by atoms with Gasteiger partial charge in [-0.25, -0.2) is 0 Å². The number of furan rings is 1. The molecular weight excluding hydrogens is 252 g/mol. The number of carbonyl (C=O) groups excluding carboxylic acids is 1. The first-order chi connectivity index (χ1) is 8.65. The van der Waals surface area contributed by atoms with Gasteiger partial charge < -0.3 is 15.1 Å². The number of likely N-dealkylation sites (tertiary alicyclic amines) is 1. The largest absolute Gasteiger partial charge is 0.452 e. The molecule has 1 saturated carbocycles. The van der Waals surface area contributed by atoms with Gasteiger partial charge in [0, 0.05) is 19.1 Å². The zero-order valence-electron chi connectivity index (χ0n) is 10.1. The Hall–Kier alpha value is -1.00. The number of fused-ring (bicyclic) bond motifs is 1. The van der Waals surface area contributed by atoms with Crippen LogP contribution in [0, 0.1) is 11.8 Å². The van der Waals surface area contributed by atoms with Crippen LogP contribution >= 0.6 is 11.6 Å². The molecular formula is C13H17ClN2O2. The van der Waals surface area contributed by atoms with Gasteiger partial charge in [0.05, 0.1) is 11.8 Å². The van der Waals surface area contributed by atoms with E-state index in [0.717, 1.165) is 32.4 Å². The summed E-state index contributed by atoms with van der Waals surface area (Å²) in [5.41, 5.74) is 6.46. The summed E-state index contributed by atoms with van der Waals surface area (Å²) in [7, 11) is 0. The van der Waals surface area contributed by atoms with Crippen LogP contribution in [0.4, 0.5) is 0 Å². The second-order valence-electron chi connectivity index (χ2n) is 5.41. The van der Waals surface area contributed by atoms with Gasteiger partial charge in [-0.3, -0.25) is 4.79 Å². The predicted molar refractivity (Wildman–Crippen MR) is 68.4 cm³/mol. The number of rotatable bonds is 1. The van der Waals surface area contributed by atoms with Crippen molar-refractivity contribution in [3.8, 4) is 0 Å². The molecule has 1 aliphatic heterocycles. The van der Waals surface area contributed by atoms with Crippen molar-refractivity contribution in [2.24, 2.45) is 17.6 Å². The predicted octanol–water partition coefficient (Wildman–Crippen LogP) is 2.13. The Morgan fingerprint density at radius 3 is 2.89 bits per heavy atom. The molecule has 3 atom stereocenters. The van der Waals surface area contributed by atoms with Crippen LogP contribution in [0.15, 0.2) is 16.7 Å². The van der Waals surface area contributed by atoms with Crippen LogP contribution < -0.4 is 5.73 Å². The molecule has 2 heterocycles. The molecule has 0 aromatic carbocycles. The van der Waals surface area contributed by atoms with Gasteiger partial charge in [-0.1, -0.05) is 0 Å². The van der Waals surface area contributed by atoms with Gasteiger partial charge in [0.15, 0.2) is 0 Å². The molecule has 5 heteroatoms. The summed E-state index contributed by atoms with van der Waals surface area (Å²) in [6, 6.07) is 1.94. The van der Waals surface area contributed by atoms with Crippen molar-refractivity contribution in [2.75, 3.05) is 13.1 Å². The summed E-state index contributed by atoms with van der Waals surface area (Å²) in [6.07, 6.45) is 4.70. The van der Waals surface area contributed by atoms with Crippen LogP contribution in [-0.4, -0.2) is 29.9 Å². The lowest BCUT2D eigenvalue weighted by Crippen LogP contribution is -2.32. The van der Waals surface area contributed by atoms with Crippen molar-refractivity contribution in [1.29, 1.82) is 0 Å². The normalized spacial score (nSPS) is 31.4. The maximum atomic E-state index is 12.3. The summed E-state index contributed by atoms with van der Waals surface area (Å²) in [5.74, 6) is 1.15. The maximum Gasteiger partial charge on any atom is 0.258 e. The zero-order valence-corrected chi connectivity index (χ0v) is 10.9. The van der Waals surface area contributed by atoms with Gasteiger partial charge in [-0.2, -0.15) is 0 Å². The van der Waals surface area contributed by atoms with E-state index in [-0.39, 0.29) is 11.1 Å². The molecule has 1 unspecified atom stereocenters. The van der Waals surface area contributed by atoms with Crippen molar-refractivity contribution >= 4 is 17.5 Å². The first-order valence-electron chi connectivity index (χ1n) is 6.43. The van der Waals surface area contributed by atoms with Crippen LogP contribution in [-0.2, 0) is 0 Å². The van der Waals surface area contributed by atoms with Crippen molar-refractivity contribution in [1.82, 2.24) is 4.90 Å². The van der Waals surface area contributed by atoms with Crippen LogP contribution in [0.5, 0.6) is 0 Å². The van der Waals surface area contributed by atoms with E-state index in [4.69, 9.17) is 21.8 Å². The van der Waals surface area contributed by atoms with E-state index >= 15 is 0 Å². The van der Waals surface area contributed by atoms with Crippen LogP contribution in [0.3, 0.4) is 0 Å². The molecule has 0 spiro atoms. The van der Waals surface area contributed by atoms with E-state index in [9.17, 15) is 4.79 Å². The first-order valence-corrected chi connectivity index (χ1v) is 6.81. The molecule has 4 nitrogen and oxygen atoms in total. The summed E-state index contributed by atoms with van der Waals surface area (Å²) < 4.78 is 4.98. The number of carbonyl (C=O) groups is 1. The van der Waals surface area contributed by atoms with Crippen molar-refractivity contribution in [3.63, 3.8) is 0 Å². The second kappa shape index (κ2) is 4.59. The number of hydrogen-bond acceptors (Lipinski definition) is 3. The Morgan fingerprint density at radius 1 is 1.39 bits per heavy atom. The monoisotopic (exact) mass is 268 g/mol. The van der Waals surface area contributed by atoms with Gasteiger partial charge in [0.25, 0.3) is 5.91 Å². The summed E-state index contributed by atoms with van der Waals surface area (Å²) >= 11 is 5.85. The molecule has 0 radical (unpaired) electrons. The van der Waals surface area contributed by atoms with Gasteiger partial charge >= 0.3 is 0 Å². The Morgan fingerprint density at radius 2 is 2.17 bits per heavy atom. The minimum Gasteiger partial charge on any atom is -0.452 e. The Bertz CT molecular complexity index is 460. The molecule has 1 aromatic rings. The third-order valence-corrected chi connectivity index (χ3v) is 4.52. The SMILES string of the molecule is NC1CC[C@@H]2CN(C(=O)c3ccoc3Cl)C[C@@H]2C1. The summed E-state index contributed by atoms with van der Waals surface area (Å²) in [5, 5.41) is 0.187. The molecule has 2 N–H and O–H groups in total. The molecule has 1 saturated heterocycles. The Kier molecular flexibility index (Phi) is 3.08. The van der Waals surface area contributed by atoms with Gasteiger partial charge in [0.2, 0.25) is 5.22 Å². The number of nitrogens with two attached hydrogens (primary N) is 1. The lowest BCUT2D eigenvalue weighted by Gasteiger charge is -2.27. The fraction of sp³-hybridized carbons (Fsp3) is 0.615. The Labute approximate surface area is 111 Å². The van der Waals surface area contributed by atoms with E-state index < -0.39 is 0 Å². The van der Waals surface area contributed by atoms with E-state index in [1.807, 2.05) is 4.90 Å². The van der Waals surface area contributed by atoms with Crippen molar-refractivity contribution in [2.45, 2.75) is 25.3 Å². The number of nitrogens with zero attached hydrogens (tertiary/aromatic N) is 1. The number of hydrogen-bond donors (Lipinski definition) is 1. The Balaban J connectivity index is 1.72.